The molecule has 0 fully saturated rings. The first-order valence-corrected chi connectivity index (χ1v) is 22.4. The van der Waals surface area contributed by atoms with Gasteiger partial charge in [0, 0.05) is 13.2 Å². The summed E-state index contributed by atoms with van der Waals surface area (Å²) in [6.07, 6.45) is 20.0. The first-order chi connectivity index (χ1) is 27.9. The maximum absolute atomic E-state index is 5.68. The van der Waals surface area contributed by atoms with Gasteiger partial charge < -0.3 is 61.6 Å². The van der Waals surface area contributed by atoms with Gasteiger partial charge in [0.25, 0.3) is 0 Å². The van der Waals surface area contributed by atoms with Gasteiger partial charge in [-0.25, -0.2) is 0 Å². The highest BCUT2D eigenvalue weighted by Gasteiger charge is 1.98. The van der Waals surface area contributed by atoms with Gasteiger partial charge in [-0.1, -0.05) is 97.3 Å². The van der Waals surface area contributed by atoms with Gasteiger partial charge in [-0.3, -0.25) is 0 Å². The summed E-state index contributed by atoms with van der Waals surface area (Å²) < 4.78 is 71.7. The van der Waals surface area contributed by atoms with Gasteiger partial charge in [-0.15, -0.1) is 0 Å². The molecular formula is C43H88O13. The Bertz CT molecular complexity index is 611. The van der Waals surface area contributed by atoms with Crippen LogP contribution in [0.25, 0.3) is 0 Å². The third kappa shape index (κ3) is 53.5. The van der Waals surface area contributed by atoms with Crippen molar-refractivity contribution in [2.75, 3.05) is 172 Å². The molecule has 56 heavy (non-hydrogen) atoms. The number of hydrogen-bond donors (Lipinski definition) is 0. The zero-order chi connectivity index (χ0) is 40.2. The zero-order valence-electron chi connectivity index (χ0n) is 36.3. The monoisotopic (exact) mass is 813 g/mol. The topological polar surface area (TPSA) is 120 Å². The molecule has 13 nitrogen and oxygen atoms in total. The summed E-state index contributed by atoms with van der Waals surface area (Å²) in [5.74, 6) is 0. The fourth-order valence-corrected chi connectivity index (χ4v) is 5.21. The van der Waals surface area contributed by atoms with Crippen LogP contribution in [-0.4, -0.2) is 172 Å². The van der Waals surface area contributed by atoms with E-state index in [0.29, 0.717) is 159 Å². The van der Waals surface area contributed by atoms with Gasteiger partial charge in [-0.05, 0) is 12.8 Å². The molecule has 0 aromatic carbocycles. The molecule has 0 saturated heterocycles. The predicted molar refractivity (Wildman–Crippen MR) is 221 cm³/mol. The van der Waals surface area contributed by atoms with Crippen LogP contribution >= 0.6 is 0 Å². The molecule has 0 unspecified atom stereocenters. The maximum atomic E-state index is 5.68. The third-order valence-corrected chi connectivity index (χ3v) is 8.50. The molecular weight excluding hydrogens is 724 g/mol. The van der Waals surface area contributed by atoms with Crippen LogP contribution in [0.3, 0.4) is 0 Å². The molecule has 338 valence electrons. The van der Waals surface area contributed by atoms with Crippen LogP contribution in [0.2, 0.25) is 0 Å². The van der Waals surface area contributed by atoms with Crippen LogP contribution in [0.4, 0.5) is 0 Å². The Morgan fingerprint density at radius 1 is 0.143 bits per heavy atom. The van der Waals surface area contributed by atoms with E-state index in [1.54, 1.807) is 0 Å². The summed E-state index contributed by atoms with van der Waals surface area (Å²) in [6, 6.07) is 0. The van der Waals surface area contributed by atoms with Crippen molar-refractivity contribution in [3.05, 3.63) is 0 Å². The summed E-state index contributed by atoms with van der Waals surface area (Å²) >= 11 is 0. The van der Waals surface area contributed by atoms with Crippen molar-refractivity contribution in [1.82, 2.24) is 0 Å². The average Bonchev–Trinajstić information content (AvgIpc) is 3.21. The minimum atomic E-state index is 0.517. The molecule has 0 aromatic rings. The van der Waals surface area contributed by atoms with Crippen molar-refractivity contribution in [2.24, 2.45) is 0 Å². The predicted octanol–water partition coefficient (Wildman–Crippen LogP) is 7.09. The van der Waals surface area contributed by atoms with Gasteiger partial charge in [0.2, 0.25) is 0 Å². The first kappa shape index (κ1) is 55.5. The molecule has 0 amide bonds. The molecule has 0 aromatic heterocycles. The standard InChI is InChI=1S/C43H88O13/c1-3-5-7-8-9-10-11-12-13-14-15-16-17-19-45-21-23-47-25-27-49-29-31-51-33-35-53-37-39-55-41-43-56-42-40-54-38-36-52-34-32-50-30-28-48-26-24-46-22-20-44-18-6-4-2/h3-43H2,1-2H3. The molecule has 0 saturated carbocycles. The van der Waals surface area contributed by atoms with Gasteiger partial charge in [0.15, 0.2) is 0 Å². The summed E-state index contributed by atoms with van der Waals surface area (Å²) in [5, 5.41) is 0. The second-order valence-electron chi connectivity index (χ2n) is 13.6. The van der Waals surface area contributed by atoms with E-state index in [4.69, 9.17) is 61.6 Å². The van der Waals surface area contributed by atoms with Gasteiger partial charge in [0.1, 0.15) is 0 Å². The zero-order valence-corrected chi connectivity index (χ0v) is 36.3. The Hall–Kier alpha value is -0.520. The first-order valence-electron chi connectivity index (χ1n) is 22.4. The summed E-state index contributed by atoms with van der Waals surface area (Å²) in [4.78, 5) is 0. The third-order valence-electron chi connectivity index (χ3n) is 8.50. The van der Waals surface area contributed by atoms with Crippen LogP contribution < -0.4 is 0 Å². The lowest BCUT2D eigenvalue weighted by atomic mass is 10.0. The van der Waals surface area contributed by atoms with Gasteiger partial charge >= 0.3 is 0 Å². The van der Waals surface area contributed by atoms with Crippen LogP contribution in [0.15, 0.2) is 0 Å². The maximum Gasteiger partial charge on any atom is 0.0701 e. The normalized spacial score (nSPS) is 11.7. The highest BCUT2D eigenvalue weighted by molar-refractivity contribution is 4.49. The van der Waals surface area contributed by atoms with Crippen LogP contribution in [0, 0.1) is 0 Å². The SMILES string of the molecule is CCCCCCCCCCCCCCCOCCOCCOCCOCCOCCOCCOCCOCCOCCOCCOCCOCCOCCCC. The highest BCUT2D eigenvalue weighted by atomic mass is 16.6. The minimum Gasteiger partial charge on any atom is -0.379 e. The lowest BCUT2D eigenvalue weighted by Gasteiger charge is -2.09. The summed E-state index contributed by atoms with van der Waals surface area (Å²) in [7, 11) is 0. The van der Waals surface area contributed by atoms with E-state index in [2.05, 4.69) is 13.8 Å². The lowest BCUT2D eigenvalue weighted by molar-refractivity contribution is -0.0290. The Balaban J connectivity index is 3.05. The van der Waals surface area contributed by atoms with Crippen LogP contribution in [-0.2, 0) is 61.6 Å². The van der Waals surface area contributed by atoms with Crippen molar-refractivity contribution in [2.45, 2.75) is 110 Å². The number of rotatable bonds is 53. The Morgan fingerprint density at radius 3 is 0.482 bits per heavy atom. The molecule has 0 bridgehead atoms. The second kappa shape index (κ2) is 54.5. The van der Waals surface area contributed by atoms with E-state index >= 15 is 0 Å². The van der Waals surface area contributed by atoms with Crippen molar-refractivity contribution < 1.29 is 61.6 Å². The molecule has 0 N–H and O–H groups in total. The Morgan fingerprint density at radius 2 is 0.286 bits per heavy atom. The van der Waals surface area contributed by atoms with E-state index < -0.39 is 0 Å². The van der Waals surface area contributed by atoms with Crippen molar-refractivity contribution in [3.8, 4) is 0 Å². The second-order valence-corrected chi connectivity index (χ2v) is 13.6. The smallest absolute Gasteiger partial charge is 0.0701 e. The van der Waals surface area contributed by atoms with E-state index in [1.165, 1.54) is 77.0 Å². The Kier molecular flexibility index (Phi) is 54.0. The van der Waals surface area contributed by atoms with E-state index in [-0.39, 0.29) is 0 Å². The van der Waals surface area contributed by atoms with Crippen molar-refractivity contribution >= 4 is 0 Å². The molecule has 13 heteroatoms. The number of ether oxygens (including phenoxy) is 13. The van der Waals surface area contributed by atoms with E-state index in [0.717, 1.165) is 32.5 Å². The summed E-state index contributed by atoms with van der Waals surface area (Å²) in [5.41, 5.74) is 0. The minimum absolute atomic E-state index is 0.517. The molecule has 0 aliphatic carbocycles. The fourth-order valence-electron chi connectivity index (χ4n) is 5.21. The Labute approximate surface area is 343 Å². The average molecular weight is 813 g/mol. The number of hydrogen-bond acceptors (Lipinski definition) is 13. The quantitative estimate of drug-likeness (QED) is 0.0582. The fraction of sp³-hybridized carbons (Fsp3) is 1.00. The van der Waals surface area contributed by atoms with Crippen LogP contribution in [0.1, 0.15) is 110 Å². The molecule has 0 heterocycles. The van der Waals surface area contributed by atoms with Gasteiger partial charge in [-0.2, -0.15) is 0 Å². The molecule has 0 aliphatic heterocycles. The lowest BCUT2D eigenvalue weighted by Crippen LogP contribution is -2.15. The molecule has 0 atom stereocenters. The molecule has 0 radical (unpaired) electrons. The summed E-state index contributed by atoms with van der Waals surface area (Å²) in [6.45, 7) is 19.2. The van der Waals surface area contributed by atoms with Crippen molar-refractivity contribution in [3.63, 3.8) is 0 Å². The molecule has 0 rings (SSSR count). The largest absolute Gasteiger partial charge is 0.379 e. The highest BCUT2D eigenvalue weighted by Crippen LogP contribution is 2.12. The van der Waals surface area contributed by atoms with E-state index in [1.807, 2.05) is 0 Å². The van der Waals surface area contributed by atoms with Crippen molar-refractivity contribution in [1.29, 1.82) is 0 Å². The number of unbranched alkanes of at least 4 members (excludes halogenated alkanes) is 13. The molecule has 0 spiro atoms. The molecule has 0 aliphatic rings. The van der Waals surface area contributed by atoms with E-state index in [9.17, 15) is 0 Å². The van der Waals surface area contributed by atoms with Crippen LogP contribution in [0.5, 0.6) is 0 Å². The van der Waals surface area contributed by atoms with Gasteiger partial charge in [0.05, 0.1) is 159 Å².